The van der Waals surface area contributed by atoms with Gasteiger partial charge >= 0.3 is 0 Å². The first-order valence-corrected chi connectivity index (χ1v) is 11.3. The van der Waals surface area contributed by atoms with Crippen molar-refractivity contribution in [2.75, 3.05) is 36.7 Å². The summed E-state index contributed by atoms with van der Waals surface area (Å²) in [5.74, 6) is 1.13. The van der Waals surface area contributed by atoms with E-state index in [-0.39, 0.29) is 6.42 Å². The summed E-state index contributed by atoms with van der Waals surface area (Å²) in [5.41, 5.74) is 0.798. The van der Waals surface area contributed by atoms with Crippen molar-refractivity contribution >= 4 is 27.3 Å². The molecule has 164 valence electrons. The van der Waals surface area contributed by atoms with Crippen molar-refractivity contribution in [1.29, 1.82) is 0 Å². The van der Waals surface area contributed by atoms with Gasteiger partial charge in [0.2, 0.25) is 15.9 Å². The topological polar surface area (TPSA) is 94.2 Å². The lowest BCUT2D eigenvalue weighted by molar-refractivity contribution is -0.117. The molecule has 0 aliphatic heterocycles. The number of methoxy groups -OCH3 is 2. The van der Waals surface area contributed by atoms with Crippen LogP contribution in [0, 0.1) is 0 Å². The number of amides is 1. The first-order valence-electron chi connectivity index (χ1n) is 9.50. The molecule has 30 heavy (non-hydrogen) atoms. The molecule has 9 heteroatoms. The zero-order valence-corrected chi connectivity index (χ0v) is 18.7. The Balaban J connectivity index is 2.36. The summed E-state index contributed by atoms with van der Waals surface area (Å²) in [7, 11) is -0.732. The Kier molecular flexibility index (Phi) is 7.93. The fourth-order valence-corrected chi connectivity index (χ4v) is 4.25. The Hall–Kier alpha value is -2.94. The van der Waals surface area contributed by atoms with Crippen LogP contribution in [0.1, 0.15) is 20.3 Å². The lowest BCUT2D eigenvalue weighted by Gasteiger charge is -2.30. The van der Waals surface area contributed by atoms with Gasteiger partial charge in [-0.3, -0.25) is 9.10 Å². The summed E-state index contributed by atoms with van der Waals surface area (Å²) in [4.78, 5) is 13.1. The van der Waals surface area contributed by atoms with Gasteiger partial charge < -0.3 is 19.5 Å². The number of carbonyl (C=O) groups is 1. The molecular weight excluding hydrogens is 408 g/mol. The van der Waals surface area contributed by atoms with Crippen molar-refractivity contribution < 1.29 is 27.4 Å². The number of carbonyl (C=O) groups excluding carboxylic acids is 1. The van der Waals surface area contributed by atoms with E-state index in [1.165, 1.54) is 14.2 Å². The lowest BCUT2D eigenvalue weighted by Crippen LogP contribution is -2.47. The highest BCUT2D eigenvalue weighted by Crippen LogP contribution is 2.30. The SMILES string of the molecule is CCOc1ccc(N(C(CC)C(=O)Nc2ccc(OC)cc2OC)S(C)(=O)=O)cc1. The highest BCUT2D eigenvalue weighted by Gasteiger charge is 2.32. The predicted octanol–water partition coefficient (Wildman–Crippen LogP) is 3.29. The van der Waals surface area contributed by atoms with Crippen molar-refractivity contribution in [1.82, 2.24) is 0 Å². The van der Waals surface area contributed by atoms with Crippen LogP contribution in [0.3, 0.4) is 0 Å². The normalized spacial score (nSPS) is 12.0. The summed E-state index contributed by atoms with van der Waals surface area (Å²) >= 11 is 0. The monoisotopic (exact) mass is 436 g/mol. The Bertz CT molecular complexity index is 960. The van der Waals surface area contributed by atoms with Crippen molar-refractivity contribution in [2.24, 2.45) is 0 Å². The number of nitrogens with one attached hydrogen (secondary N) is 1. The number of hydrogen-bond donors (Lipinski definition) is 1. The average molecular weight is 437 g/mol. The number of hydrogen-bond acceptors (Lipinski definition) is 6. The van der Waals surface area contributed by atoms with Gasteiger partial charge in [-0.15, -0.1) is 0 Å². The smallest absolute Gasteiger partial charge is 0.248 e. The third kappa shape index (κ3) is 5.56. The van der Waals surface area contributed by atoms with E-state index in [4.69, 9.17) is 14.2 Å². The van der Waals surface area contributed by atoms with Crippen LogP contribution in [-0.4, -0.2) is 47.4 Å². The molecule has 0 aliphatic rings. The molecule has 0 radical (unpaired) electrons. The first kappa shape index (κ1) is 23.3. The molecule has 0 saturated carbocycles. The molecule has 8 nitrogen and oxygen atoms in total. The molecule has 1 unspecified atom stereocenters. The maximum Gasteiger partial charge on any atom is 0.248 e. The molecule has 0 bridgehead atoms. The summed E-state index contributed by atoms with van der Waals surface area (Å²) in [5, 5.41) is 2.77. The summed E-state index contributed by atoms with van der Waals surface area (Å²) in [6, 6.07) is 10.6. The van der Waals surface area contributed by atoms with Crippen molar-refractivity contribution in [2.45, 2.75) is 26.3 Å². The van der Waals surface area contributed by atoms with E-state index in [9.17, 15) is 13.2 Å². The van der Waals surface area contributed by atoms with Gasteiger partial charge in [0.25, 0.3) is 0 Å². The number of benzene rings is 2. The van der Waals surface area contributed by atoms with Crippen molar-refractivity contribution in [3.05, 3.63) is 42.5 Å². The van der Waals surface area contributed by atoms with Crippen LogP contribution >= 0.6 is 0 Å². The van der Waals surface area contributed by atoms with Crippen LogP contribution in [0.15, 0.2) is 42.5 Å². The van der Waals surface area contributed by atoms with E-state index in [0.29, 0.717) is 35.2 Å². The summed E-state index contributed by atoms with van der Waals surface area (Å²) in [6.07, 6.45) is 1.35. The van der Waals surface area contributed by atoms with Crippen LogP contribution in [0.5, 0.6) is 17.2 Å². The highest BCUT2D eigenvalue weighted by atomic mass is 32.2. The molecule has 0 heterocycles. The second-order valence-corrected chi connectivity index (χ2v) is 8.32. The fourth-order valence-electron chi connectivity index (χ4n) is 3.03. The number of nitrogens with zero attached hydrogens (tertiary/aromatic N) is 1. The number of ether oxygens (including phenoxy) is 3. The third-order valence-corrected chi connectivity index (χ3v) is 5.58. The molecule has 2 aromatic carbocycles. The quantitative estimate of drug-likeness (QED) is 0.614. The van der Waals surface area contributed by atoms with Crippen LogP contribution in [0.4, 0.5) is 11.4 Å². The Morgan fingerprint density at radius 1 is 1.03 bits per heavy atom. The maximum absolute atomic E-state index is 13.1. The van der Waals surface area contributed by atoms with Gasteiger partial charge in [0, 0.05) is 6.07 Å². The average Bonchev–Trinajstić information content (AvgIpc) is 2.72. The molecule has 0 fully saturated rings. The van der Waals surface area contributed by atoms with Gasteiger partial charge in [0.15, 0.2) is 0 Å². The van der Waals surface area contributed by atoms with E-state index in [0.717, 1.165) is 10.6 Å². The zero-order chi connectivity index (χ0) is 22.3. The molecule has 1 N–H and O–H groups in total. The Labute approximate surface area is 177 Å². The standard InChI is InChI=1S/C21H28N2O6S/c1-6-19(21(24)22-18-13-12-17(27-3)14-20(18)28-4)23(30(5,25)26)15-8-10-16(11-9-15)29-7-2/h8-14,19H,6-7H2,1-5H3,(H,22,24). The van der Waals surface area contributed by atoms with Gasteiger partial charge in [-0.25, -0.2) is 8.42 Å². The van der Waals surface area contributed by atoms with Crippen LogP contribution in [-0.2, 0) is 14.8 Å². The van der Waals surface area contributed by atoms with Gasteiger partial charge in [-0.2, -0.15) is 0 Å². The van der Waals surface area contributed by atoms with Crippen LogP contribution in [0.25, 0.3) is 0 Å². The van der Waals surface area contributed by atoms with Crippen LogP contribution < -0.4 is 23.8 Å². The minimum Gasteiger partial charge on any atom is -0.497 e. The molecule has 1 amide bonds. The van der Waals surface area contributed by atoms with Gasteiger partial charge in [0.05, 0.1) is 38.5 Å². The van der Waals surface area contributed by atoms with Crippen LogP contribution in [0.2, 0.25) is 0 Å². The van der Waals surface area contributed by atoms with Gasteiger partial charge in [0.1, 0.15) is 23.3 Å². The summed E-state index contributed by atoms with van der Waals surface area (Å²) < 4.78 is 42.2. The minimum atomic E-state index is -3.74. The Morgan fingerprint density at radius 3 is 2.17 bits per heavy atom. The molecule has 2 rings (SSSR count). The maximum atomic E-state index is 13.1. The third-order valence-electron chi connectivity index (χ3n) is 4.40. The fraction of sp³-hybridized carbons (Fsp3) is 0.381. The molecule has 0 saturated heterocycles. The van der Waals surface area contributed by atoms with E-state index in [1.807, 2.05) is 6.92 Å². The number of anilines is 2. The molecule has 2 aromatic rings. The molecule has 0 aromatic heterocycles. The first-order chi connectivity index (χ1) is 14.2. The minimum absolute atomic E-state index is 0.268. The van der Waals surface area contributed by atoms with Crippen molar-refractivity contribution in [3.8, 4) is 17.2 Å². The van der Waals surface area contributed by atoms with Gasteiger partial charge in [-0.05, 0) is 49.7 Å². The summed E-state index contributed by atoms with van der Waals surface area (Å²) in [6.45, 7) is 4.11. The van der Waals surface area contributed by atoms with E-state index in [2.05, 4.69) is 5.32 Å². The number of rotatable bonds is 10. The Morgan fingerprint density at radius 2 is 1.67 bits per heavy atom. The zero-order valence-electron chi connectivity index (χ0n) is 17.8. The number of sulfonamides is 1. The highest BCUT2D eigenvalue weighted by molar-refractivity contribution is 7.92. The largest absolute Gasteiger partial charge is 0.497 e. The molecule has 1 atom stereocenters. The van der Waals surface area contributed by atoms with Gasteiger partial charge in [-0.1, -0.05) is 6.92 Å². The van der Waals surface area contributed by atoms with E-state index >= 15 is 0 Å². The molecular formula is C21H28N2O6S. The molecule has 0 aliphatic carbocycles. The second-order valence-electron chi connectivity index (χ2n) is 6.47. The van der Waals surface area contributed by atoms with E-state index < -0.39 is 22.0 Å². The van der Waals surface area contributed by atoms with Crippen molar-refractivity contribution in [3.63, 3.8) is 0 Å². The second kappa shape index (κ2) is 10.2. The van der Waals surface area contributed by atoms with E-state index in [1.54, 1.807) is 49.4 Å². The molecule has 0 spiro atoms. The predicted molar refractivity (Wildman–Crippen MR) is 117 cm³/mol. The lowest BCUT2D eigenvalue weighted by atomic mass is 10.1.